The van der Waals surface area contributed by atoms with Gasteiger partial charge in [0.1, 0.15) is 6.04 Å². The van der Waals surface area contributed by atoms with Crippen molar-refractivity contribution < 1.29 is 24.0 Å². The van der Waals surface area contributed by atoms with Crippen LogP contribution >= 0.6 is 0 Å². The molecule has 4 N–H and O–H groups in total. The Hall–Kier alpha value is -2.65. The van der Waals surface area contributed by atoms with Crippen molar-refractivity contribution in [2.45, 2.75) is 95.8 Å². The molecule has 9 heteroatoms. The maximum absolute atomic E-state index is 13.5. The van der Waals surface area contributed by atoms with Gasteiger partial charge >= 0.3 is 0 Å². The molecule has 0 spiro atoms. The second kappa shape index (κ2) is 15.6. The molecule has 0 aromatic heterocycles. The van der Waals surface area contributed by atoms with E-state index in [1.54, 1.807) is 24.1 Å². The van der Waals surface area contributed by atoms with E-state index < -0.39 is 18.2 Å². The van der Waals surface area contributed by atoms with Crippen molar-refractivity contribution in [2.75, 3.05) is 25.9 Å². The third kappa shape index (κ3) is 10.3. The number of ether oxygens (including phenoxy) is 1. The predicted molar refractivity (Wildman–Crippen MR) is 142 cm³/mol. The van der Waals surface area contributed by atoms with Crippen molar-refractivity contribution in [3.8, 4) is 0 Å². The molecule has 37 heavy (non-hydrogen) atoms. The quantitative estimate of drug-likeness (QED) is 0.393. The molecule has 1 aromatic carbocycles. The normalized spacial score (nSPS) is 25.0. The second-order valence-corrected chi connectivity index (χ2v) is 10.4. The molecule has 0 radical (unpaired) electrons. The summed E-state index contributed by atoms with van der Waals surface area (Å²) in [5.41, 5.74) is 9.85. The fourth-order valence-electron chi connectivity index (χ4n) is 4.91. The molecule has 2 aliphatic heterocycles. The number of hydrogen-bond acceptors (Lipinski definition) is 6. The number of anilines is 1. The smallest absolute Gasteiger partial charge is 0.245 e. The van der Waals surface area contributed by atoms with Crippen LogP contribution in [-0.4, -0.2) is 55.2 Å². The van der Waals surface area contributed by atoms with Crippen LogP contribution in [0, 0.1) is 5.92 Å². The molecule has 2 fully saturated rings. The average molecular weight is 517 g/mol. The van der Waals surface area contributed by atoms with E-state index in [-0.39, 0.29) is 24.1 Å². The molecule has 2 saturated heterocycles. The molecule has 0 saturated carbocycles. The molecule has 2 heterocycles. The largest absolute Gasteiger partial charge is 0.399 e. The molecular formula is C28H44N4O5. The number of nitrogens with one attached hydrogen (secondary N) is 2. The van der Waals surface area contributed by atoms with E-state index in [9.17, 15) is 14.4 Å². The number of benzene rings is 1. The third-order valence-electron chi connectivity index (χ3n) is 7.20. The number of hydroxylamine groups is 1. The van der Waals surface area contributed by atoms with Crippen molar-refractivity contribution in [3.05, 3.63) is 29.8 Å². The van der Waals surface area contributed by atoms with Crippen molar-refractivity contribution in [1.29, 1.82) is 0 Å². The van der Waals surface area contributed by atoms with Crippen molar-refractivity contribution in [2.24, 2.45) is 5.92 Å². The maximum Gasteiger partial charge on any atom is 0.245 e. The van der Waals surface area contributed by atoms with Crippen LogP contribution in [0.15, 0.2) is 24.3 Å². The lowest BCUT2D eigenvalue weighted by atomic mass is 9.95. The highest BCUT2D eigenvalue weighted by atomic mass is 16.8. The first kappa shape index (κ1) is 28.9. The van der Waals surface area contributed by atoms with Crippen LogP contribution in [0.2, 0.25) is 0 Å². The van der Waals surface area contributed by atoms with Crippen LogP contribution in [0.3, 0.4) is 0 Å². The van der Waals surface area contributed by atoms with Gasteiger partial charge in [0.05, 0.1) is 0 Å². The van der Waals surface area contributed by atoms with Gasteiger partial charge in [-0.05, 0) is 43.4 Å². The summed E-state index contributed by atoms with van der Waals surface area (Å²) in [5.74, 6) is -1.30. The number of carbonyl (C=O) groups is 3. The van der Waals surface area contributed by atoms with Gasteiger partial charge in [0.2, 0.25) is 17.7 Å². The highest BCUT2D eigenvalue weighted by Gasteiger charge is 2.29. The zero-order chi connectivity index (χ0) is 26.5. The summed E-state index contributed by atoms with van der Waals surface area (Å²) in [6.45, 7) is 1.27. The number of nitrogens with zero attached hydrogens (tertiary/aromatic N) is 1. The minimum absolute atomic E-state index is 0.00280. The molecule has 3 amide bonds. The monoisotopic (exact) mass is 516 g/mol. The second-order valence-electron chi connectivity index (χ2n) is 10.4. The van der Waals surface area contributed by atoms with E-state index >= 15 is 0 Å². The number of rotatable bonds is 6. The highest BCUT2D eigenvalue weighted by molar-refractivity contribution is 5.90. The van der Waals surface area contributed by atoms with Crippen LogP contribution < -0.4 is 16.5 Å². The average Bonchev–Trinajstić information content (AvgIpc) is 2.90. The molecule has 0 aliphatic carbocycles. The van der Waals surface area contributed by atoms with Crippen LogP contribution in [0.1, 0.15) is 82.6 Å². The van der Waals surface area contributed by atoms with Crippen LogP contribution in [0.25, 0.3) is 0 Å². The third-order valence-corrected chi connectivity index (χ3v) is 7.20. The summed E-state index contributed by atoms with van der Waals surface area (Å²) in [7, 11) is 1.79. The molecule has 206 valence electrons. The van der Waals surface area contributed by atoms with E-state index in [1.807, 2.05) is 12.1 Å². The fourth-order valence-corrected chi connectivity index (χ4v) is 4.91. The van der Waals surface area contributed by atoms with E-state index in [2.05, 4.69) is 10.8 Å². The van der Waals surface area contributed by atoms with Crippen LogP contribution in [0.5, 0.6) is 0 Å². The molecular weight excluding hydrogens is 472 g/mol. The van der Waals surface area contributed by atoms with Gasteiger partial charge in [0.15, 0.2) is 6.29 Å². The summed E-state index contributed by atoms with van der Waals surface area (Å²) in [4.78, 5) is 46.6. The highest BCUT2D eigenvalue weighted by Crippen LogP contribution is 2.19. The van der Waals surface area contributed by atoms with Gasteiger partial charge in [-0.25, -0.2) is 10.3 Å². The lowest BCUT2D eigenvalue weighted by Gasteiger charge is -2.27. The number of amides is 3. The standard InChI is InChI=1S/C28H44N4O5/c1-32-17-9-6-4-2-3-5-7-11-22(20-25(33)31-37-26-12-8-10-18-36-26)27(34)30-24(28(32)35)19-21-13-15-23(29)16-14-21/h13-16,22,24,26H,2-12,17-20,29H2,1H3,(H,30,34)(H,31,33)/t22?,24?,26-/m0/s1. The van der Waals surface area contributed by atoms with Crippen molar-refractivity contribution >= 4 is 23.4 Å². The van der Waals surface area contributed by atoms with Crippen LogP contribution in [-0.2, 0) is 30.4 Å². The first-order valence-corrected chi connectivity index (χ1v) is 13.9. The Morgan fingerprint density at radius 1 is 1.03 bits per heavy atom. The molecule has 9 nitrogen and oxygen atoms in total. The summed E-state index contributed by atoms with van der Waals surface area (Å²) in [5, 5.41) is 2.98. The first-order chi connectivity index (χ1) is 17.9. The topological polar surface area (TPSA) is 123 Å². The van der Waals surface area contributed by atoms with Gasteiger partial charge in [-0.15, -0.1) is 0 Å². The molecule has 3 atom stereocenters. The number of carbonyl (C=O) groups excluding carboxylic acids is 3. The van der Waals surface area contributed by atoms with E-state index in [0.717, 1.165) is 69.8 Å². The SMILES string of the molecule is CN1CCCCCCCCCC(CC(=O)NO[C@H]2CCCCO2)C(=O)NC(Cc2ccc(N)cc2)C1=O. The zero-order valence-electron chi connectivity index (χ0n) is 22.2. The fraction of sp³-hybridized carbons (Fsp3) is 0.679. The predicted octanol–water partition coefficient (Wildman–Crippen LogP) is 3.47. The molecule has 3 rings (SSSR count). The van der Waals surface area contributed by atoms with Gasteiger partial charge in [-0.1, -0.05) is 50.7 Å². The summed E-state index contributed by atoms with van der Waals surface area (Å²) in [6, 6.07) is 6.62. The van der Waals surface area contributed by atoms with Crippen LogP contribution in [0.4, 0.5) is 5.69 Å². The zero-order valence-corrected chi connectivity index (χ0v) is 22.2. The Morgan fingerprint density at radius 2 is 1.70 bits per heavy atom. The molecule has 2 unspecified atom stereocenters. The van der Waals surface area contributed by atoms with Gasteiger partial charge in [-0.3, -0.25) is 14.4 Å². The number of likely N-dealkylation sites (N-methyl/N-ethyl adjacent to an activating group) is 1. The Labute approximate surface area is 220 Å². The van der Waals surface area contributed by atoms with Gasteiger partial charge in [0.25, 0.3) is 0 Å². The maximum atomic E-state index is 13.5. The Kier molecular flexibility index (Phi) is 12.2. The first-order valence-electron chi connectivity index (χ1n) is 13.9. The molecule has 2 aliphatic rings. The van der Waals surface area contributed by atoms with Crippen molar-refractivity contribution in [3.63, 3.8) is 0 Å². The summed E-state index contributed by atoms with van der Waals surface area (Å²) >= 11 is 0. The van der Waals surface area contributed by atoms with E-state index in [1.165, 1.54) is 0 Å². The number of nitrogens with two attached hydrogens (primary N) is 1. The van der Waals surface area contributed by atoms with Gasteiger partial charge in [-0.2, -0.15) is 0 Å². The minimum Gasteiger partial charge on any atom is -0.399 e. The summed E-state index contributed by atoms with van der Waals surface area (Å²) in [6.07, 6.45) is 10.5. The number of hydrogen-bond donors (Lipinski definition) is 3. The molecule has 1 aromatic rings. The van der Waals surface area contributed by atoms with Crippen molar-refractivity contribution in [1.82, 2.24) is 15.7 Å². The molecule has 0 bridgehead atoms. The van der Waals surface area contributed by atoms with E-state index in [4.69, 9.17) is 15.3 Å². The Bertz CT molecular complexity index is 857. The minimum atomic E-state index is -0.719. The van der Waals surface area contributed by atoms with Gasteiger partial charge < -0.3 is 20.7 Å². The van der Waals surface area contributed by atoms with E-state index in [0.29, 0.717) is 31.7 Å². The lowest BCUT2D eigenvalue weighted by Crippen LogP contribution is -2.50. The van der Waals surface area contributed by atoms with Gasteiger partial charge in [0, 0.05) is 51.1 Å². The summed E-state index contributed by atoms with van der Waals surface area (Å²) < 4.78 is 5.50. The lowest BCUT2D eigenvalue weighted by molar-refractivity contribution is -0.200. The Balaban J connectivity index is 1.69. The number of nitrogen functional groups attached to an aromatic ring is 1. The Morgan fingerprint density at radius 3 is 2.41 bits per heavy atom.